The first-order valence-corrected chi connectivity index (χ1v) is 6.76. The van der Waals surface area contributed by atoms with E-state index in [0.29, 0.717) is 18.4 Å². The SMILES string of the molecule is Cc1nc(-c2ccc[nH]2)sc1C(CN)C(C)C. The van der Waals surface area contributed by atoms with Gasteiger partial charge in [0.2, 0.25) is 0 Å². The van der Waals surface area contributed by atoms with Gasteiger partial charge < -0.3 is 10.7 Å². The highest BCUT2D eigenvalue weighted by Gasteiger charge is 2.20. The topological polar surface area (TPSA) is 54.7 Å². The summed E-state index contributed by atoms with van der Waals surface area (Å²) in [6.45, 7) is 7.18. The van der Waals surface area contributed by atoms with Gasteiger partial charge in [-0.15, -0.1) is 11.3 Å². The van der Waals surface area contributed by atoms with Crippen LogP contribution in [0.5, 0.6) is 0 Å². The zero-order valence-corrected chi connectivity index (χ0v) is 11.3. The van der Waals surface area contributed by atoms with Gasteiger partial charge in [-0.2, -0.15) is 0 Å². The third-order valence-electron chi connectivity index (χ3n) is 3.06. The summed E-state index contributed by atoms with van der Waals surface area (Å²) in [6, 6.07) is 4.05. The molecule has 0 aromatic carbocycles. The molecule has 0 radical (unpaired) electrons. The highest BCUT2D eigenvalue weighted by molar-refractivity contribution is 7.15. The molecule has 0 fully saturated rings. The summed E-state index contributed by atoms with van der Waals surface area (Å²) in [5, 5.41) is 1.06. The van der Waals surface area contributed by atoms with E-state index in [1.54, 1.807) is 11.3 Å². The Kier molecular flexibility index (Phi) is 3.64. The van der Waals surface area contributed by atoms with Gasteiger partial charge in [-0.1, -0.05) is 13.8 Å². The van der Waals surface area contributed by atoms with E-state index < -0.39 is 0 Å². The maximum absolute atomic E-state index is 5.87. The molecule has 2 aromatic heterocycles. The van der Waals surface area contributed by atoms with Crippen molar-refractivity contribution in [3.8, 4) is 10.7 Å². The molecule has 0 saturated carbocycles. The van der Waals surface area contributed by atoms with Crippen LogP contribution in [-0.4, -0.2) is 16.5 Å². The van der Waals surface area contributed by atoms with Crippen LogP contribution in [0, 0.1) is 12.8 Å². The van der Waals surface area contributed by atoms with E-state index >= 15 is 0 Å². The second-order valence-corrected chi connectivity index (χ2v) is 5.67. The summed E-state index contributed by atoms with van der Waals surface area (Å²) < 4.78 is 0. The fourth-order valence-electron chi connectivity index (χ4n) is 2.01. The first kappa shape index (κ1) is 12.3. The summed E-state index contributed by atoms with van der Waals surface area (Å²) in [5.74, 6) is 0.965. The minimum Gasteiger partial charge on any atom is -0.359 e. The Bertz CT molecular complexity index is 471. The van der Waals surface area contributed by atoms with Gasteiger partial charge in [0.15, 0.2) is 0 Å². The molecule has 17 heavy (non-hydrogen) atoms. The first-order valence-electron chi connectivity index (χ1n) is 5.94. The van der Waals surface area contributed by atoms with Gasteiger partial charge in [-0.25, -0.2) is 4.98 Å². The Morgan fingerprint density at radius 1 is 1.47 bits per heavy atom. The Labute approximate surface area is 106 Å². The number of nitrogens with zero attached hydrogens (tertiary/aromatic N) is 1. The number of aryl methyl sites for hydroxylation is 1. The average Bonchev–Trinajstić information content (AvgIpc) is 2.89. The normalized spacial score (nSPS) is 13.2. The maximum atomic E-state index is 5.87. The van der Waals surface area contributed by atoms with Gasteiger partial charge in [0.05, 0.1) is 11.4 Å². The molecule has 0 aliphatic carbocycles. The third kappa shape index (κ3) is 2.42. The van der Waals surface area contributed by atoms with Crippen LogP contribution >= 0.6 is 11.3 Å². The van der Waals surface area contributed by atoms with Crippen molar-refractivity contribution >= 4 is 11.3 Å². The summed E-state index contributed by atoms with van der Waals surface area (Å²) in [6.07, 6.45) is 1.93. The highest BCUT2D eigenvalue weighted by Crippen LogP contribution is 2.34. The molecule has 0 aliphatic heterocycles. The largest absolute Gasteiger partial charge is 0.359 e. The summed E-state index contributed by atoms with van der Waals surface area (Å²) >= 11 is 1.76. The van der Waals surface area contributed by atoms with E-state index in [0.717, 1.165) is 16.4 Å². The minimum atomic E-state index is 0.413. The molecule has 0 amide bonds. The zero-order chi connectivity index (χ0) is 12.4. The van der Waals surface area contributed by atoms with Crippen molar-refractivity contribution in [2.45, 2.75) is 26.7 Å². The maximum Gasteiger partial charge on any atom is 0.140 e. The number of H-pyrrole nitrogens is 1. The number of thiazole rings is 1. The fraction of sp³-hybridized carbons (Fsp3) is 0.462. The van der Waals surface area contributed by atoms with Crippen molar-refractivity contribution in [2.75, 3.05) is 6.54 Å². The van der Waals surface area contributed by atoms with E-state index in [9.17, 15) is 0 Å². The Hall–Kier alpha value is -1.13. The zero-order valence-electron chi connectivity index (χ0n) is 10.5. The van der Waals surface area contributed by atoms with Crippen molar-refractivity contribution < 1.29 is 0 Å². The van der Waals surface area contributed by atoms with E-state index in [1.165, 1.54) is 4.88 Å². The molecule has 2 aromatic rings. The van der Waals surface area contributed by atoms with Crippen LogP contribution in [-0.2, 0) is 0 Å². The molecule has 1 unspecified atom stereocenters. The van der Waals surface area contributed by atoms with E-state index in [2.05, 4.69) is 36.8 Å². The quantitative estimate of drug-likeness (QED) is 0.874. The van der Waals surface area contributed by atoms with Crippen LogP contribution in [0.15, 0.2) is 18.3 Å². The number of rotatable bonds is 4. The molecule has 3 nitrogen and oxygen atoms in total. The van der Waals surface area contributed by atoms with Crippen molar-refractivity contribution in [1.82, 2.24) is 9.97 Å². The van der Waals surface area contributed by atoms with Gasteiger partial charge in [0.1, 0.15) is 5.01 Å². The lowest BCUT2D eigenvalue weighted by Gasteiger charge is -2.17. The van der Waals surface area contributed by atoms with Crippen molar-refractivity contribution in [3.05, 3.63) is 28.9 Å². The molecule has 2 heterocycles. The van der Waals surface area contributed by atoms with Crippen molar-refractivity contribution in [2.24, 2.45) is 11.7 Å². The van der Waals surface area contributed by atoms with Gasteiger partial charge in [-0.3, -0.25) is 0 Å². The molecular formula is C13H19N3S. The van der Waals surface area contributed by atoms with Gasteiger partial charge in [-0.05, 0) is 25.0 Å². The number of aromatic nitrogens is 2. The van der Waals surface area contributed by atoms with Crippen LogP contribution in [0.25, 0.3) is 10.7 Å². The molecule has 0 bridgehead atoms. The number of hydrogen-bond acceptors (Lipinski definition) is 3. The number of nitrogens with two attached hydrogens (primary N) is 1. The minimum absolute atomic E-state index is 0.413. The lowest BCUT2D eigenvalue weighted by molar-refractivity contribution is 0.510. The van der Waals surface area contributed by atoms with Crippen LogP contribution in [0.3, 0.4) is 0 Å². The molecule has 0 aliphatic rings. The molecule has 0 saturated heterocycles. The summed E-state index contributed by atoms with van der Waals surface area (Å²) in [4.78, 5) is 9.16. The summed E-state index contributed by atoms with van der Waals surface area (Å²) in [7, 11) is 0. The van der Waals surface area contributed by atoms with Crippen molar-refractivity contribution in [3.63, 3.8) is 0 Å². The van der Waals surface area contributed by atoms with Crippen LogP contribution in [0.2, 0.25) is 0 Å². The molecule has 4 heteroatoms. The number of hydrogen-bond donors (Lipinski definition) is 2. The second-order valence-electron chi connectivity index (χ2n) is 4.64. The lowest BCUT2D eigenvalue weighted by atomic mass is 9.94. The monoisotopic (exact) mass is 249 g/mol. The van der Waals surface area contributed by atoms with Gasteiger partial charge >= 0.3 is 0 Å². The van der Waals surface area contributed by atoms with E-state index in [-0.39, 0.29) is 0 Å². The third-order valence-corrected chi connectivity index (χ3v) is 4.38. The first-order chi connectivity index (χ1) is 8.13. The highest BCUT2D eigenvalue weighted by atomic mass is 32.1. The van der Waals surface area contributed by atoms with E-state index in [4.69, 9.17) is 5.73 Å². The predicted molar refractivity (Wildman–Crippen MR) is 73.3 cm³/mol. The molecule has 3 N–H and O–H groups in total. The molecule has 92 valence electrons. The Morgan fingerprint density at radius 3 is 2.76 bits per heavy atom. The molecular weight excluding hydrogens is 230 g/mol. The van der Waals surface area contributed by atoms with Gasteiger partial charge in [0.25, 0.3) is 0 Å². The van der Waals surface area contributed by atoms with Crippen molar-refractivity contribution in [1.29, 1.82) is 0 Å². The summed E-state index contributed by atoms with van der Waals surface area (Å²) in [5.41, 5.74) is 8.08. The van der Waals surface area contributed by atoms with Crippen LogP contribution < -0.4 is 5.73 Å². The second kappa shape index (κ2) is 5.02. The molecule has 2 rings (SSSR count). The average molecular weight is 249 g/mol. The predicted octanol–water partition coefficient (Wildman–Crippen LogP) is 3.14. The molecule has 0 spiro atoms. The molecule has 1 atom stereocenters. The van der Waals surface area contributed by atoms with E-state index in [1.807, 2.05) is 12.3 Å². The standard InChI is InChI=1S/C13H19N3S/c1-8(2)10(7-14)12-9(3)16-13(17-12)11-5-4-6-15-11/h4-6,8,10,15H,7,14H2,1-3H3. The number of aromatic amines is 1. The Morgan fingerprint density at radius 2 is 2.24 bits per heavy atom. The smallest absolute Gasteiger partial charge is 0.140 e. The van der Waals surface area contributed by atoms with Crippen LogP contribution in [0.4, 0.5) is 0 Å². The fourth-order valence-corrected chi connectivity index (χ4v) is 3.35. The Balaban J connectivity index is 2.37. The van der Waals surface area contributed by atoms with Gasteiger partial charge in [0, 0.05) is 23.5 Å². The van der Waals surface area contributed by atoms with Crippen LogP contribution in [0.1, 0.15) is 30.3 Å². The lowest BCUT2D eigenvalue weighted by Crippen LogP contribution is -2.17. The number of nitrogens with one attached hydrogen (secondary N) is 1.